The molecule has 4 atom stereocenters. The van der Waals surface area contributed by atoms with Crippen LogP contribution in [-0.2, 0) is 10.3 Å². The van der Waals surface area contributed by atoms with Crippen LogP contribution in [0.3, 0.4) is 0 Å². The number of alkyl halides is 1. The van der Waals surface area contributed by atoms with E-state index in [1.807, 2.05) is 0 Å². The van der Waals surface area contributed by atoms with Crippen LogP contribution in [0.15, 0.2) is 22.8 Å². The Kier molecular flexibility index (Phi) is 6.39. The lowest BCUT2D eigenvalue weighted by atomic mass is 9.80. The average molecular weight is 467 g/mol. The molecule has 0 radical (unpaired) electrons. The molecule has 3 N–H and O–H groups in total. The SMILES string of the molecule is CC(F)COc1cnc(C(=O)Nc2csc(C34COC(C)CC3CSC(N)=N4)n2)cn1. The van der Waals surface area contributed by atoms with Crippen molar-refractivity contribution in [3.05, 3.63) is 28.5 Å². The van der Waals surface area contributed by atoms with Gasteiger partial charge in [0.15, 0.2) is 5.17 Å². The summed E-state index contributed by atoms with van der Waals surface area (Å²) in [6, 6.07) is 0. The first kappa shape index (κ1) is 21.9. The summed E-state index contributed by atoms with van der Waals surface area (Å²) in [5.41, 5.74) is 5.50. The number of nitrogens with two attached hydrogens (primary N) is 1. The summed E-state index contributed by atoms with van der Waals surface area (Å²) in [5.74, 6) is 1.21. The second kappa shape index (κ2) is 9.05. The number of fused-ring (bicyclic) bond motifs is 1. The third kappa shape index (κ3) is 4.80. The largest absolute Gasteiger partial charge is 0.473 e. The summed E-state index contributed by atoms with van der Waals surface area (Å²) in [6.07, 6.45) is 2.46. The number of nitrogens with zero attached hydrogens (tertiary/aromatic N) is 4. The minimum atomic E-state index is -1.12. The fraction of sp³-hybridized carbons (Fsp3) is 0.526. The van der Waals surface area contributed by atoms with Gasteiger partial charge >= 0.3 is 0 Å². The lowest BCUT2D eigenvalue weighted by Gasteiger charge is -2.44. The zero-order valence-corrected chi connectivity index (χ0v) is 18.7. The number of ether oxygens (including phenoxy) is 2. The number of aliphatic imine (C=N–C) groups is 1. The Hall–Kier alpha value is -2.31. The van der Waals surface area contributed by atoms with Crippen molar-refractivity contribution in [2.24, 2.45) is 16.6 Å². The van der Waals surface area contributed by atoms with Gasteiger partial charge in [0.25, 0.3) is 5.91 Å². The Morgan fingerprint density at radius 1 is 1.48 bits per heavy atom. The number of thiazole rings is 1. The molecule has 12 heteroatoms. The van der Waals surface area contributed by atoms with Crippen LogP contribution in [0.25, 0.3) is 0 Å². The van der Waals surface area contributed by atoms with Crippen LogP contribution in [0.4, 0.5) is 10.2 Å². The van der Waals surface area contributed by atoms with E-state index in [0.29, 0.717) is 17.6 Å². The molecule has 4 rings (SSSR count). The molecule has 31 heavy (non-hydrogen) atoms. The van der Waals surface area contributed by atoms with Crippen LogP contribution in [0.5, 0.6) is 5.88 Å². The number of aromatic nitrogens is 3. The predicted molar refractivity (Wildman–Crippen MR) is 117 cm³/mol. The van der Waals surface area contributed by atoms with Crippen LogP contribution < -0.4 is 15.8 Å². The van der Waals surface area contributed by atoms with Crippen molar-refractivity contribution < 1.29 is 18.7 Å². The third-order valence-corrected chi connectivity index (χ3v) is 7.02. The summed E-state index contributed by atoms with van der Waals surface area (Å²) in [6.45, 7) is 3.72. The van der Waals surface area contributed by atoms with Gasteiger partial charge in [-0.15, -0.1) is 11.3 Å². The Morgan fingerprint density at radius 2 is 2.32 bits per heavy atom. The van der Waals surface area contributed by atoms with Crippen molar-refractivity contribution in [1.82, 2.24) is 15.0 Å². The minimum absolute atomic E-state index is 0.0948. The van der Waals surface area contributed by atoms with Gasteiger partial charge in [-0.25, -0.2) is 24.3 Å². The number of hydrogen-bond acceptors (Lipinski definition) is 10. The summed E-state index contributed by atoms with van der Waals surface area (Å²) in [5, 5.41) is 5.78. The Morgan fingerprint density at radius 3 is 3.06 bits per heavy atom. The van der Waals surface area contributed by atoms with Crippen LogP contribution >= 0.6 is 23.1 Å². The van der Waals surface area contributed by atoms with Crippen molar-refractivity contribution in [1.29, 1.82) is 0 Å². The molecule has 1 amide bonds. The first-order valence-electron chi connectivity index (χ1n) is 9.81. The molecule has 0 spiro atoms. The van der Waals surface area contributed by atoms with Crippen molar-refractivity contribution in [2.75, 3.05) is 24.3 Å². The van der Waals surface area contributed by atoms with Crippen LogP contribution in [0.1, 0.15) is 35.8 Å². The molecule has 4 heterocycles. The number of carbonyl (C=O) groups is 1. The number of nitrogens with one attached hydrogen (secondary N) is 1. The molecule has 0 bridgehead atoms. The van der Waals surface area contributed by atoms with Gasteiger partial charge in [0.2, 0.25) is 5.88 Å². The fourth-order valence-electron chi connectivity index (χ4n) is 3.50. The Labute approximate surface area is 187 Å². The van der Waals surface area contributed by atoms with Gasteiger partial charge < -0.3 is 20.5 Å². The standard InChI is InChI=1S/C19H23FN6O3S2/c1-10(20)6-28-15-5-22-13(4-23-15)16(27)24-14-8-30-17(25-14)19-9-29-11(2)3-12(19)7-31-18(21)26-19/h4-5,8,10-12H,3,6-7,9H2,1-2H3,(H2,21,26)(H,24,27). The highest BCUT2D eigenvalue weighted by Crippen LogP contribution is 2.47. The number of anilines is 1. The molecule has 2 aliphatic rings. The van der Waals surface area contributed by atoms with Gasteiger partial charge in [0.05, 0.1) is 25.1 Å². The maximum Gasteiger partial charge on any atom is 0.277 e. The van der Waals surface area contributed by atoms with Gasteiger partial charge in [-0.05, 0) is 20.3 Å². The van der Waals surface area contributed by atoms with Crippen LogP contribution in [0.2, 0.25) is 0 Å². The second-order valence-corrected chi connectivity index (χ2v) is 9.46. The van der Waals surface area contributed by atoms with E-state index >= 15 is 0 Å². The first-order valence-corrected chi connectivity index (χ1v) is 11.7. The summed E-state index contributed by atoms with van der Waals surface area (Å²) in [7, 11) is 0. The van der Waals surface area contributed by atoms with Gasteiger partial charge in [0.1, 0.15) is 34.8 Å². The maximum absolute atomic E-state index is 12.9. The monoisotopic (exact) mass is 466 g/mol. The normalized spacial score (nSPS) is 26.5. The van der Waals surface area contributed by atoms with E-state index in [9.17, 15) is 9.18 Å². The zero-order chi connectivity index (χ0) is 22.0. The first-order chi connectivity index (χ1) is 14.9. The van der Waals surface area contributed by atoms with E-state index in [-0.39, 0.29) is 30.2 Å². The van der Waals surface area contributed by atoms with E-state index in [1.54, 1.807) is 17.1 Å². The number of carbonyl (C=O) groups excluding carboxylic acids is 1. The molecular weight excluding hydrogens is 443 g/mol. The van der Waals surface area contributed by atoms with Gasteiger partial charge in [-0.3, -0.25) is 4.79 Å². The summed E-state index contributed by atoms with van der Waals surface area (Å²) < 4.78 is 23.9. The predicted octanol–water partition coefficient (Wildman–Crippen LogP) is 2.60. The lowest BCUT2D eigenvalue weighted by molar-refractivity contribution is -0.0466. The van der Waals surface area contributed by atoms with E-state index in [0.717, 1.165) is 17.2 Å². The molecule has 2 aromatic heterocycles. The van der Waals surface area contributed by atoms with E-state index in [4.69, 9.17) is 20.2 Å². The lowest BCUT2D eigenvalue weighted by Crippen LogP contribution is -2.49. The summed E-state index contributed by atoms with van der Waals surface area (Å²) in [4.78, 5) is 29.9. The number of amidine groups is 1. The topological polar surface area (TPSA) is 125 Å². The molecule has 1 saturated heterocycles. The smallest absolute Gasteiger partial charge is 0.277 e. The molecule has 2 aliphatic heterocycles. The third-order valence-electron chi connectivity index (χ3n) is 5.06. The fourth-order valence-corrected chi connectivity index (χ4v) is 5.47. The van der Waals surface area contributed by atoms with Crippen LogP contribution in [0, 0.1) is 5.92 Å². The molecule has 166 valence electrons. The van der Waals surface area contributed by atoms with Gasteiger partial charge in [-0.2, -0.15) is 0 Å². The Balaban J connectivity index is 1.47. The van der Waals surface area contributed by atoms with Crippen LogP contribution in [-0.4, -0.2) is 57.3 Å². The van der Waals surface area contributed by atoms with Gasteiger partial charge in [-0.1, -0.05) is 11.8 Å². The Bertz CT molecular complexity index is 970. The molecule has 2 aromatic rings. The number of rotatable bonds is 6. The number of thioether (sulfide) groups is 1. The van der Waals surface area contributed by atoms with Gasteiger partial charge in [0, 0.05) is 17.1 Å². The van der Waals surface area contributed by atoms with E-state index in [1.165, 1.54) is 30.7 Å². The number of hydrogen-bond donors (Lipinski definition) is 2. The molecular formula is C19H23FN6O3S2. The molecule has 0 aromatic carbocycles. The van der Waals surface area contributed by atoms with E-state index < -0.39 is 17.6 Å². The molecule has 9 nitrogen and oxygen atoms in total. The zero-order valence-electron chi connectivity index (χ0n) is 17.1. The second-order valence-electron chi connectivity index (χ2n) is 7.56. The quantitative estimate of drug-likeness (QED) is 0.666. The minimum Gasteiger partial charge on any atom is -0.473 e. The van der Waals surface area contributed by atoms with Crippen molar-refractivity contribution in [3.8, 4) is 5.88 Å². The van der Waals surface area contributed by atoms with Crippen molar-refractivity contribution >= 4 is 40.0 Å². The van der Waals surface area contributed by atoms with E-state index in [2.05, 4.69) is 27.2 Å². The average Bonchev–Trinajstić information content (AvgIpc) is 3.22. The highest BCUT2D eigenvalue weighted by Gasteiger charge is 2.49. The van der Waals surface area contributed by atoms with Crippen molar-refractivity contribution in [3.63, 3.8) is 0 Å². The molecule has 0 saturated carbocycles. The maximum atomic E-state index is 12.9. The number of amides is 1. The van der Waals surface area contributed by atoms with Crippen molar-refractivity contribution in [2.45, 2.75) is 38.1 Å². The number of halogens is 1. The molecule has 0 aliphatic carbocycles. The highest BCUT2D eigenvalue weighted by atomic mass is 32.2. The molecule has 1 fully saturated rings. The summed E-state index contributed by atoms with van der Waals surface area (Å²) >= 11 is 2.97. The molecule has 4 unspecified atom stereocenters. The highest BCUT2D eigenvalue weighted by molar-refractivity contribution is 8.13.